The summed E-state index contributed by atoms with van der Waals surface area (Å²) < 4.78 is 23.8. The molecule has 2 saturated heterocycles. The second kappa shape index (κ2) is 12.4. The van der Waals surface area contributed by atoms with Gasteiger partial charge in [-0.05, 0) is 56.4 Å². The fraction of sp³-hybridized carbons (Fsp3) is 0.645. The van der Waals surface area contributed by atoms with Gasteiger partial charge in [0.1, 0.15) is 12.2 Å². The van der Waals surface area contributed by atoms with E-state index in [4.69, 9.17) is 18.9 Å². The number of fused-ring (bicyclic) bond motifs is 1. The number of carbonyl (C=O) groups excluding carboxylic acids is 1. The van der Waals surface area contributed by atoms with Crippen LogP contribution in [0.2, 0.25) is 0 Å². The van der Waals surface area contributed by atoms with Crippen molar-refractivity contribution in [3.63, 3.8) is 0 Å². The second-order valence-corrected chi connectivity index (χ2v) is 11.5. The Hall–Kier alpha value is -2.03. The molecule has 1 spiro atoms. The van der Waals surface area contributed by atoms with Gasteiger partial charge in [0, 0.05) is 30.6 Å². The normalized spacial score (nSPS) is 40.3. The highest BCUT2D eigenvalue weighted by atomic mass is 16.7. The molecule has 38 heavy (non-hydrogen) atoms. The van der Waals surface area contributed by atoms with E-state index < -0.39 is 18.0 Å². The van der Waals surface area contributed by atoms with Crippen LogP contribution in [0.25, 0.3) is 0 Å². The minimum Gasteiger partial charge on any atom is -0.464 e. The molecule has 0 amide bonds. The molecular weight excluding hydrogens is 484 g/mol. The topological polar surface area (TPSA) is 94.5 Å². The number of allylic oxidation sites excluding steroid dienone is 3. The molecule has 2 fully saturated rings. The third kappa shape index (κ3) is 6.57. The first-order valence-electron chi connectivity index (χ1n) is 13.9. The van der Waals surface area contributed by atoms with Gasteiger partial charge in [0.05, 0.1) is 31.0 Å². The molecule has 0 saturated carbocycles. The Balaban J connectivity index is 1.35. The van der Waals surface area contributed by atoms with Crippen molar-refractivity contribution in [1.29, 1.82) is 0 Å². The molecule has 0 radical (unpaired) electrons. The van der Waals surface area contributed by atoms with Gasteiger partial charge in [-0.3, -0.25) is 4.79 Å². The first-order valence-corrected chi connectivity index (χ1v) is 13.9. The lowest BCUT2D eigenvalue weighted by Gasteiger charge is -2.45. The summed E-state index contributed by atoms with van der Waals surface area (Å²) >= 11 is 0. The number of carbonyl (C=O) groups is 1. The summed E-state index contributed by atoms with van der Waals surface area (Å²) in [5.74, 6) is -0.481. The van der Waals surface area contributed by atoms with E-state index in [1.54, 1.807) is 0 Å². The van der Waals surface area contributed by atoms with E-state index in [1.165, 1.54) is 5.57 Å². The van der Waals surface area contributed by atoms with Crippen molar-refractivity contribution in [3.05, 3.63) is 59.3 Å². The predicted octanol–water partition coefficient (Wildman–Crippen LogP) is 4.56. The quantitative estimate of drug-likeness (QED) is 0.352. The molecule has 7 unspecified atom stereocenters. The van der Waals surface area contributed by atoms with Crippen LogP contribution >= 0.6 is 0 Å². The van der Waals surface area contributed by atoms with Crippen LogP contribution in [0, 0.1) is 17.8 Å². The summed E-state index contributed by atoms with van der Waals surface area (Å²) in [6.07, 6.45) is 15.0. The van der Waals surface area contributed by atoms with Gasteiger partial charge in [-0.15, -0.1) is 0 Å². The molecule has 10 atom stereocenters. The van der Waals surface area contributed by atoms with Crippen LogP contribution in [0.1, 0.15) is 60.3 Å². The number of hydrogen-bond donors (Lipinski definition) is 2. The van der Waals surface area contributed by atoms with E-state index in [2.05, 4.69) is 25.2 Å². The highest BCUT2D eigenvalue weighted by molar-refractivity contribution is 5.37. The standard InChI is InChI=1S/C31H44O7/c1-19-13-14-31(37-23(19)5)16-26(36-18-32)15-25(38-31)11-9-21(3)28(33)20(2)7-6-8-24-17-35-30-27(24)12-10-22(4)29(30)34/h6-10,13-14,18-20,23,25-30,33-34H,11-12,15-17H2,1-5H3/b7-6+,21-9+,24-8+/t19-,20-,23?,25?,26?,27?,28-,29?,30?,31?/m0/s1. The van der Waals surface area contributed by atoms with Crippen molar-refractivity contribution in [2.75, 3.05) is 6.61 Å². The molecule has 4 aliphatic rings. The van der Waals surface area contributed by atoms with Crippen LogP contribution in [0.15, 0.2) is 59.3 Å². The fourth-order valence-corrected chi connectivity index (χ4v) is 5.90. The Bertz CT molecular complexity index is 994. The Kier molecular flexibility index (Phi) is 9.48. The van der Waals surface area contributed by atoms with Crippen LogP contribution in [-0.4, -0.2) is 65.7 Å². The van der Waals surface area contributed by atoms with Crippen molar-refractivity contribution in [2.45, 2.75) is 103 Å². The third-order valence-corrected chi connectivity index (χ3v) is 8.61. The summed E-state index contributed by atoms with van der Waals surface area (Å²) in [7, 11) is 0. The first kappa shape index (κ1) is 29.0. The van der Waals surface area contributed by atoms with E-state index in [0.29, 0.717) is 32.3 Å². The molecule has 210 valence electrons. The first-order chi connectivity index (χ1) is 18.1. The second-order valence-electron chi connectivity index (χ2n) is 11.5. The van der Waals surface area contributed by atoms with Crippen molar-refractivity contribution in [1.82, 2.24) is 0 Å². The van der Waals surface area contributed by atoms with E-state index in [0.717, 1.165) is 17.6 Å². The molecule has 0 aromatic carbocycles. The fourth-order valence-electron chi connectivity index (χ4n) is 5.90. The van der Waals surface area contributed by atoms with Crippen molar-refractivity contribution in [2.24, 2.45) is 17.8 Å². The average molecular weight is 529 g/mol. The molecule has 2 N–H and O–H groups in total. The molecule has 3 heterocycles. The highest BCUT2D eigenvalue weighted by Gasteiger charge is 2.45. The molecule has 0 aromatic rings. The van der Waals surface area contributed by atoms with Crippen LogP contribution in [0.5, 0.6) is 0 Å². The van der Waals surface area contributed by atoms with Gasteiger partial charge < -0.3 is 29.2 Å². The monoisotopic (exact) mass is 528 g/mol. The number of rotatable bonds is 8. The number of aliphatic hydroxyl groups excluding tert-OH is 2. The van der Waals surface area contributed by atoms with Crippen molar-refractivity contribution >= 4 is 6.47 Å². The number of ether oxygens (including phenoxy) is 4. The average Bonchev–Trinajstić information content (AvgIpc) is 3.30. The molecule has 0 aromatic heterocycles. The molecule has 7 heteroatoms. The maximum absolute atomic E-state index is 11.1. The maximum Gasteiger partial charge on any atom is 0.293 e. The summed E-state index contributed by atoms with van der Waals surface area (Å²) in [5, 5.41) is 21.3. The van der Waals surface area contributed by atoms with Gasteiger partial charge in [0.25, 0.3) is 6.47 Å². The Labute approximate surface area is 226 Å². The Morgan fingerprint density at radius 3 is 2.84 bits per heavy atom. The molecular formula is C31H44O7. The predicted molar refractivity (Wildman–Crippen MR) is 145 cm³/mol. The van der Waals surface area contributed by atoms with Gasteiger partial charge >= 0.3 is 0 Å². The lowest BCUT2D eigenvalue weighted by molar-refractivity contribution is -0.290. The molecule has 3 aliphatic heterocycles. The van der Waals surface area contributed by atoms with E-state index in [-0.39, 0.29) is 42.2 Å². The molecule has 0 bridgehead atoms. The lowest BCUT2D eigenvalue weighted by atomic mass is 9.82. The summed E-state index contributed by atoms with van der Waals surface area (Å²) in [6, 6.07) is 0. The summed E-state index contributed by atoms with van der Waals surface area (Å²) in [6.45, 7) is 11.0. The zero-order chi connectivity index (χ0) is 27.4. The zero-order valence-electron chi connectivity index (χ0n) is 23.3. The number of hydrogen-bond acceptors (Lipinski definition) is 7. The SMILES string of the molecule is CC1=CCC2/C(=C/C=C/[C@H](C)[C@H](O)/C(C)=C/CC3CC(OC=O)CC4(C=C[C@H](C)C(C)O4)O3)COC2C1O. The van der Waals surface area contributed by atoms with E-state index in [9.17, 15) is 15.0 Å². The minimum absolute atomic E-state index is 0.00257. The summed E-state index contributed by atoms with van der Waals surface area (Å²) in [5.41, 5.74) is 3.03. The lowest BCUT2D eigenvalue weighted by Crippen LogP contribution is -2.51. The van der Waals surface area contributed by atoms with E-state index >= 15 is 0 Å². The molecule has 4 rings (SSSR count). The van der Waals surface area contributed by atoms with E-state index in [1.807, 2.05) is 52.0 Å². The van der Waals surface area contributed by atoms with Crippen molar-refractivity contribution < 1.29 is 34.0 Å². The zero-order valence-corrected chi connectivity index (χ0v) is 23.3. The van der Waals surface area contributed by atoms with Crippen molar-refractivity contribution in [3.8, 4) is 0 Å². The third-order valence-electron chi connectivity index (χ3n) is 8.61. The largest absolute Gasteiger partial charge is 0.464 e. The van der Waals surface area contributed by atoms with Gasteiger partial charge in [-0.1, -0.05) is 50.3 Å². The highest BCUT2D eigenvalue weighted by Crippen LogP contribution is 2.39. The number of aliphatic hydroxyl groups is 2. The van der Waals surface area contributed by atoms with Gasteiger partial charge in [-0.25, -0.2) is 0 Å². The van der Waals surface area contributed by atoms with Gasteiger partial charge in [0.2, 0.25) is 0 Å². The van der Waals surface area contributed by atoms with Crippen LogP contribution < -0.4 is 0 Å². The smallest absolute Gasteiger partial charge is 0.293 e. The Morgan fingerprint density at radius 1 is 1.32 bits per heavy atom. The maximum atomic E-state index is 11.1. The summed E-state index contributed by atoms with van der Waals surface area (Å²) in [4.78, 5) is 11.1. The van der Waals surface area contributed by atoms with Crippen LogP contribution in [0.4, 0.5) is 0 Å². The van der Waals surface area contributed by atoms with Gasteiger partial charge in [-0.2, -0.15) is 0 Å². The minimum atomic E-state index is -0.891. The van der Waals surface area contributed by atoms with Gasteiger partial charge in [0.15, 0.2) is 5.79 Å². The molecule has 7 nitrogen and oxygen atoms in total. The molecule has 1 aliphatic carbocycles. The Morgan fingerprint density at radius 2 is 2.11 bits per heavy atom. The van der Waals surface area contributed by atoms with Crippen LogP contribution in [0.3, 0.4) is 0 Å². The van der Waals surface area contributed by atoms with Crippen LogP contribution in [-0.2, 0) is 23.7 Å².